The van der Waals surface area contributed by atoms with E-state index in [0.29, 0.717) is 32.1 Å². The molecule has 4 heterocycles. The normalized spacial score (nSPS) is 19.3. The molecule has 2 aromatic heterocycles. The van der Waals surface area contributed by atoms with Crippen LogP contribution in [0.25, 0.3) is 0 Å². The Morgan fingerprint density at radius 1 is 1.11 bits per heavy atom. The van der Waals surface area contributed by atoms with E-state index >= 15 is 0 Å². The van der Waals surface area contributed by atoms with Gasteiger partial charge >= 0.3 is 0 Å². The first kappa shape index (κ1) is 23.2. The molecule has 3 aromatic rings. The first-order chi connectivity index (χ1) is 17.0. The highest BCUT2D eigenvalue weighted by molar-refractivity contribution is 5.95. The zero-order valence-electron chi connectivity index (χ0n) is 20.4. The number of benzene rings is 1. The number of hydrogen-bond donors (Lipinski definition) is 2. The van der Waals surface area contributed by atoms with Crippen LogP contribution >= 0.6 is 0 Å². The number of carbonyl (C=O) groups excluding carboxylic acids is 1. The molecule has 35 heavy (non-hydrogen) atoms. The summed E-state index contributed by atoms with van der Waals surface area (Å²) in [5, 5.41) is 6.47. The molecule has 0 radical (unpaired) electrons. The Morgan fingerprint density at radius 3 is 2.66 bits per heavy atom. The molecule has 5 rings (SSSR count). The lowest BCUT2D eigenvalue weighted by Crippen LogP contribution is -2.33. The molecule has 2 N–H and O–H groups in total. The summed E-state index contributed by atoms with van der Waals surface area (Å²) >= 11 is 0. The van der Waals surface area contributed by atoms with Gasteiger partial charge in [-0.25, -0.2) is 9.97 Å². The Balaban J connectivity index is 1.43. The van der Waals surface area contributed by atoms with E-state index in [0.717, 1.165) is 47.2 Å². The molecule has 1 aromatic carbocycles. The van der Waals surface area contributed by atoms with Crippen LogP contribution in [0.1, 0.15) is 31.0 Å². The van der Waals surface area contributed by atoms with Crippen molar-refractivity contribution < 1.29 is 9.53 Å². The molecule has 1 fully saturated rings. The van der Waals surface area contributed by atoms with Crippen molar-refractivity contribution in [1.82, 2.24) is 20.3 Å². The van der Waals surface area contributed by atoms with Crippen LogP contribution < -0.4 is 20.4 Å². The van der Waals surface area contributed by atoms with Crippen LogP contribution in [0.3, 0.4) is 0 Å². The van der Waals surface area contributed by atoms with Gasteiger partial charge in [0.05, 0.1) is 12.3 Å². The summed E-state index contributed by atoms with van der Waals surface area (Å²) in [6.07, 6.45) is 3.42. The molecule has 9 nitrogen and oxygen atoms in total. The van der Waals surface area contributed by atoms with E-state index in [1.165, 1.54) is 0 Å². The number of fused-ring (bicyclic) bond motifs is 1. The molecule has 2 aliphatic rings. The van der Waals surface area contributed by atoms with E-state index in [4.69, 9.17) is 14.7 Å². The van der Waals surface area contributed by atoms with Crippen LogP contribution in [0.5, 0.6) is 0 Å². The first-order valence-electron chi connectivity index (χ1n) is 11.9. The third-order valence-corrected chi connectivity index (χ3v) is 6.58. The van der Waals surface area contributed by atoms with E-state index < -0.39 is 0 Å². The standard InChI is InChI=1S/C26H31N7O2/c1-26(17-35-3)16-33(22-7-4-6-19(29-22)14-27-2)24-21(26)15-28-25(31-24)30-18-9-11-20(12-10-18)32-13-5-8-23(32)34/h4,6-7,9-12,15,27H,5,8,13-14,16-17H2,1-3H3,(H,28,30,31). The smallest absolute Gasteiger partial charge is 0.229 e. The SMILES string of the molecule is CNCc1cccc(N2CC(C)(COC)c3cnc(Nc4ccc(N5CCCC5=O)cc4)nc32)n1. The van der Waals surface area contributed by atoms with Gasteiger partial charge < -0.3 is 25.2 Å². The highest BCUT2D eigenvalue weighted by Crippen LogP contribution is 2.43. The van der Waals surface area contributed by atoms with Crippen LogP contribution in [0, 0.1) is 0 Å². The van der Waals surface area contributed by atoms with Crippen molar-refractivity contribution in [1.29, 1.82) is 0 Å². The van der Waals surface area contributed by atoms with E-state index in [9.17, 15) is 4.79 Å². The Hall–Kier alpha value is -3.56. The summed E-state index contributed by atoms with van der Waals surface area (Å²) in [6, 6.07) is 13.9. The second-order valence-electron chi connectivity index (χ2n) is 9.35. The molecule has 1 saturated heterocycles. The third-order valence-electron chi connectivity index (χ3n) is 6.58. The molecule has 182 valence electrons. The maximum Gasteiger partial charge on any atom is 0.229 e. The number of nitrogens with one attached hydrogen (secondary N) is 2. The van der Waals surface area contributed by atoms with Crippen LogP contribution in [-0.4, -0.2) is 54.7 Å². The number of pyridine rings is 1. The van der Waals surface area contributed by atoms with Gasteiger partial charge in [-0.1, -0.05) is 13.0 Å². The molecule has 2 aliphatic heterocycles. The lowest BCUT2D eigenvalue weighted by Gasteiger charge is -2.24. The lowest BCUT2D eigenvalue weighted by molar-refractivity contribution is -0.117. The van der Waals surface area contributed by atoms with Crippen molar-refractivity contribution in [2.75, 3.05) is 49.0 Å². The fourth-order valence-electron chi connectivity index (χ4n) is 4.88. The molecule has 0 saturated carbocycles. The van der Waals surface area contributed by atoms with Gasteiger partial charge in [-0.05, 0) is 49.9 Å². The maximum absolute atomic E-state index is 12.0. The number of ether oxygens (including phenoxy) is 1. The topological polar surface area (TPSA) is 95.5 Å². The lowest BCUT2D eigenvalue weighted by atomic mass is 9.87. The van der Waals surface area contributed by atoms with Crippen molar-refractivity contribution in [3.63, 3.8) is 0 Å². The highest BCUT2D eigenvalue weighted by atomic mass is 16.5. The molecule has 1 amide bonds. The van der Waals surface area contributed by atoms with Gasteiger partial charge in [-0.15, -0.1) is 0 Å². The molecule has 0 aliphatic carbocycles. The van der Waals surface area contributed by atoms with E-state index in [2.05, 4.69) is 27.4 Å². The third kappa shape index (κ3) is 4.56. The minimum atomic E-state index is -0.257. The van der Waals surface area contributed by atoms with E-state index in [-0.39, 0.29) is 11.3 Å². The fourth-order valence-corrected chi connectivity index (χ4v) is 4.88. The average molecular weight is 474 g/mol. The number of hydrogen-bond acceptors (Lipinski definition) is 8. The number of carbonyl (C=O) groups is 1. The summed E-state index contributed by atoms with van der Waals surface area (Å²) in [6.45, 7) is 4.89. The van der Waals surface area contributed by atoms with Gasteiger partial charge in [0.25, 0.3) is 0 Å². The molecule has 0 bridgehead atoms. The van der Waals surface area contributed by atoms with Crippen molar-refractivity contribution in [2.24, 2.45) is 0 Å². The summed E-state index contributed by atoms with van der Waals surface area (Å²) in [5.41, 5.74) is 3.53. The predicted octanol–water partition coefficient (Wildman–Crippen LogP) is 3.52. The summed E-state index contributed by atoms with van der Waals surface area (Å²) in [7, 11) is 3.63. The van der Waals surface area contributed by atoms with Crippen molar-refractivity contribution >= 4 is 34.9 Å². The molecule has 1 unspecified atom stereocenters. The zero-order chi connectivity index (χ0) is 24.4. The van der Waals surface area contributed by atoms with Gasteiger partial charge in [-0.3, -0.25) is 4.79 Å². The molecule has 9 heteroatoms. The molecular weight excluding hydrogens is 442 g/mol. The Morgan fingerprint density at radius 2 is 1.94 bits per heavy atom. The number of nitrogens with zero attached hydrogens (tertiary/aromatic N) is 5. The zero-order valence-corrected chi connectivity index (χ0v) is 20.4. The second kappa shape index (κ2) is 9.59. The first-order valence-corrected chi connectivity index (χ1v) is 11.9. The van der Waals surface area contributed by atoms with Crippen LogP contribution in [0.4, 0.5) is 29.0 Å². The van der Waals surface area contributed by atoms with Gasteiger partial charge in [0.1, 0.15) is 11.6 Å². The summed E-state index contributed by atoms with van der Waals surface area (Å²) < 4.78 is 5.56. The molecular formula is C26H31N7O2. The predicted molar refractivity (Wildman–Crippen MR) is 137 cm³/mol. The van der Waals surface area contributed by atoms with Crippen molar-refractivity contribution in [3.05, 3.63) is 59.9 Å². The average Bonchev–Trinajstić information content (AvgIpc) is 3.41. The second-order valence-corrected chi connectivity index (χ2v) is 9.35. The minimum Gasteiger partial charge on any atom is -0.384 e. The Bertz CT molecular complexity index is 1220. The minimum absolute atomic E-state index is 0.180. The Kier molecular flexibility index (Phi) is 6.36. The number of amides is 1. The van der Waals surface area contributed by atoms with Crippen molar-refractivity contribution in [2.45, 2.75) is 31.7 Å². The molecule has 1 atom stereocenters. The fraction of sp³-hybridized carbons (Fsp3) is 0.385. The quantitative estimate of drug-likeness (QED) is 0.513. The highest BCUT2D eigenvalue weighted by Gasteiger charge is 2.42. The maximum atomic E-state index is 12.0. The Labute approximate surface area is 205 Å². The number of aromatic nitrogens is 3. The van der Waals surface area contributed by atoms with Crippen LogP contribution in [0.2, 0.25) is 0 Å². The van der Waals surface area contributed by atoms with Gasteiger partial charge in [-0.2, -0.15) is 4.98 Å². The largest absolute Gasteiger partial charge is 0.384 e. The summed E-state index contributed by atoms with van der Waals surface area (Å²) in [5.74, 6) is 2.37. The van der Waals surface area contributed by atoms with E-state index in [1.807, 2.05) is 60.6 Å². The number of rotatable bonds is 8. The van der Waals surface area contributed by atoms with Gasteiger partial charge in [0.15, 0.2) is 0 Å². The monoisotopic (exact) mass is 473 g/mol. The summed E-state index contributed by atoms with van der Waals surface area (Å²) in [4.78, 5) is 30.4. The van der Waals surface area contributed by atoms with Crippen LogP contribution in [0.15, 0.2) is 48.7 Å². The molecule has 0 spiro atoms. The van der Waals surface area contributed by atoms with Gasteiger partial charge in [0, 0.05) is 61.7 Å². The number of methoxy groups -OCH3 is 1. The van der Waals surface area contributed by atoms with Gasteiger partial charge in [0.2, 0.25) is 11.9 Å². The van der Waals surface area contributed by atoms with Crippen molar-refractivity contribution in [3.8, 4) is 0 Å². The van der Waals surface area contributed by atoms with Crippen LogP contribution in [-0.2, 0) is 21.5 Å². The number of anilines is 5. The van der Waals surface area contributed by atoms with E-state index in [1.54, 1.807) is 7.11 Å².